The monoisotopic (exact) mass is 320 g/mol. The van der Waals surface area contributed by atoms with Gasteiger partial charge >= 0.3 is 0 Å². The number of nitrogens with one attached hydrogen (secondary N) is 1. The van der Waals surface area contributed by atoms with Gasteiger partial charge in [0.2, 0.25) is 11.7 Å². The summed E-state index contributed by atoms with van der Waals surface area (Å²) in [4.78, 5) is 16.0. The average Bonchev–Trinajstić information content (AvgIpc) is 2.49. The molecule has 0 radical (unpaired) electrons. The van der Waals surface area contributed by atoms with Gasteiger partial charge in [0.15, 0.2) is 5.82 Å². The molecule has 1 heterocycles. The lowest BCUT2D eigenvalue weighted by atomic mass is 10.2. The highest BCUT2D eigenvalue weighted by atomic mass is 35.5. The maximum absolute atomic E-state index is 11.7. The van der Waals surface area contributed by atoms with Crippen molar-refractivity contribution in [2.75, 3.05) is 11.1 Å². The highest BCUT2D eigenvalue weighted by Gasteiger charge is 2.09. The number of halogens is 1. The molecule has 2 rings (SSSR count). The molecule has 22 heavy (non-hydrogen) atoms. The van der Waals surface area contributed by atoms with Crippen LogP contribution in [-0.2, 0) is 4.79 Å². The van der Waals surface area contributed by atoms with E-state index in [9.17, 15) is 4.79 Å². The summed E-state index contributed by atoms with van der Waals surface area (Å²) in [7, 11) is 0. The largest absolute Gasteiger partial charge is 1.00 e. The minimum absolute atomic E-state index is 0. The summed E-state index contributed by atoms with van der Waals surface area (Å²) in [5, 5.41) is 4.74. The van der Waals surface area contributed by atoms with Crippen LogP contribution in [0, 0.1) is 0 Å². The van der Waals surface area contributed by atoms with Crippen LogP contribution in [0.15, 0.2) is 42.5 Å². The molecule has 0 saturated carbocycles. The zero-order valence-electron chi connectivity index (χ0n) is 12.6. The van der Waals surface area contributed by atoms with Crippen molar-refractivity contribution in [3.8, 4) is 0 Å². The Morgan fingerprint density at radius 3 is 2.59 bits per heavy atom. The van der Waals surface area contributed by atoms with E-state index in [-0.39, 0.29) is 18.3 Å². The van der Waals surface area contributed by atoms with Gasteiger partial charge in [-0.25, -0.2) is 0 Å². The van der Waals surface area contributed by atoms with Crippen LogP contribution in [0.4, 0.5) is 23.0 Å². The van der Waals surface area contributed by atoms with E-state index in [1.54, 1.807) is 6.07 Å². The Labute approximate surface area is 136 Å². The normalized spacial score (nSPS) is 9.86. The quantitative estimate of drug-likeness (QED) is 0.617. The number of unbranched alkanes of at least 4 members (excludes halogenated alkanes) is 1. The van der Waals surface area contributed by atoms with Crippen LogP contribution in [0.25, 0.3) is 0 Å². The fourth-order valence-electron chi connectivity index (χ4n) is 1.95. The Kier molecular flexibility index (Phi) is 7.36. The first-order chi connectivity index (χ1) is 10.2. The summed E-state index contributed by atoms with van der Waals surface area (Å²) < 4.78 is 0. The van der Waals surface area contributed by atoms with Gasteiger partial charge < -0.3 is 23.5 Å². The number of hydrogen-bond acceptors (Lipinski definition) is 3. The Hall–Kier alpha value is -2.11. The van der Waals surface area contributed by atoms with Gasteiger partial charge in [0, 0.05) is 12.5 Å². The number of anilines is 2. The molecule has 1 aromatic carbocycles. The van der Waals surface area contributed by atoms with Crippen molar-refractivity contribution < 1.29 is 22.5 Å². The van der Waals surface area contributed by atoms with Crippen molar-refractivity contribution in [3.05, 3.63) is 42.5 Å². The third-order valence-corrected chi connectivity index (χ3v) is 3.09. The summed E-state index contributed by atoms with van der Waals surface area (Å²) in [6, 6.07) is 13.5. The van der Waals surface area contributed by atoms with Crippen LogP contribution in [0.3, 0.4) is 0 Å². The second-order valence-corrected chi connectivity index (χ2v) is 4.88. The molecular formula is C16H21ClN4O. The number of aromatic nitrogens is 1. The highest BCUT2D eigenvalue weighted by Crippen LogP contribution is 2.17. The van der Waals surface area contributed by atoms with Crippen molar-refractivity contribution >= 4 is 28.9 Å². The standard InChI is InChI=1S/C16H20N4O.ClH/c1-2-3-9-15(21)19-13-10-11-14(20-16(13)17)18-12-7-5-4-6-8-12;/h4-8,10-11H,2-3,9H2,1H3,(H,19,21)(H3,17,18,20);1H. The maximum atomic E-state index is 11.7. The van der Waals surface area contributed by atoms with Gasteiger partial charge in [0.1, 0.15) is 5.69 Å². The van der Waals surface area contributed by atoms with E-state index in [0.717, 1.165) is 24.3 Å². The van der Waals surface area contributed by atoms with Gasteiger partial charge in [0.05, 0.1) is 5.69 Å². The number of rotatable bonds is 6. The topological polar surface area (TPSA) is 84.6 Å². The van der Waals surface area contributed by atoms with Gasteiger partial charge in [-0.15, -0.1) is 0 Å². The van der Waals surface area contributed by atoms with E-state index in [1.807, 2.05) is 41.7 Å². The fourth-order valence-corrected chi connectivity index (χ4v) is 1.95. The summed E-state index contributed by atoms with van der Waals surface area (Å²) >= 11 is 0. The first-order valence-electron chi connectivity index (χ1n) is 7.15. The number of para-hydroxylation sites is 1. The van der Waals surface area contributed by atoms with Crippen molar-refractivity contribution in [1.82, 2.24) is 4.98 Å². The molecular weight excluding hydrogens is 300 g/mol. The summed E-state index contributed by atoms with van der Waals surface area (Å²) in [5.74, 6) is 1.08. The summed E-state index contributed by atoms with van der Waals surface area (Å²) in [6.45, 7) is 2.05. The number of nitrogens with zero attached hydrogens (tertiary/aromatic N) is 1. The lowest BCUT2D eigenvalue weighted by molar-refractivity contribution is -0.482. The van der Waals surface area contributed by atoms with E-state index in [1.165, 1.54) is 0 Å². The smallest absolute Gasteiger partial charge is 0.231 e. The molecule has 0 spiro atoms. The zero-order valence-corrected chi connectivity index (χ0v) is 13.3. The Bertz CT molecular complexity index is 604. The van der Waals surface area contributed by atoms with Gasteiger partial charge in [-0.1, -0.05) is 31.5 Å². The first-order valence-corrected chi connectivity index (χ1v) is 7.15. The molecule has 5 nitrogen and oxygen atoms in total. The number of benzene rings is 1. The molecule has 0 fully saturated rings. The van der Waals surface area contributed by atoms with E-state index in [2.05, 4.69) is 17.2 Å². The van der Waals surface area contributed by atoms with Gasteiger partial charge in [0.25, 0.3) is 0 Å². The van der Waals surface area contributed by atoms with Crippen LogP contribution < -0.4 is 28.8 Å². The SMILES string of the molecule is CCCCC(=O)Nc1ccc([NH2+]c2ccccc2)nc1N.[Cl-]. The van der Waals surface area contributed by atoms with E-state index in [0.29, 0.717) is 17.9 Å². The number of pyridine rings is 1. The Balaban J connectivity index is 0.00000242. The minimum atomic E-state index is -0.0230. The minimum Gasteiger partial charge on any atom is -1.00 e. The molecule has 1 amide bonds. The molecule has 0 saturated heterocycles. The lowest BCUT2D eigenvalue weighted by Gasteiger charge is -2.08. The van der Waals surface area contributed by atoms with Crippen LogP contribution >= 0.6 is 0 Å². The second-order valence-electron chi connectivity index (χ2n) is 4.88. The predicted octanol–water partition coefficient (Wildman–Crippen LogP) is -0.677. The molecule has 0 unspecified atom stereocenters. The number of quaternary nitrogens is 1. The number of carbonyl (C=O) groups excluding carboxylic acids is 1. The molecule has 0 aliphatic heterocycles. The van der Waals surface area contributed by atoms with Crippen LogP contribution in [0.2, 0.25) is 0 Å². The van der Waals surface area contributed by atoms with Crippen LogP contribution in [0.1, 0.15) is 26.2 Å². The molecule has 0 aliphatic carbocycles. The number of carbonyl (C=O) groups is 1. The molecule has 1 aromatic heterocycles. The molecule has 0 atom stereocenters. The lowest BCUT2D eigenvalue weighted by Crippen LogP contribution is -3.00. The number of nitrogens with two attached hydrogens (primary N) is 2. The third kappa shape index (κ3) is 5.35. The second kappa shape index (κ2) is 9.02. The van der Waals surface area contributed by atoms with Crippen LogP contribution in [0.5, 0.6) is 0 Å². The van der Waals surface area contributed by atoms with Crippen molar-refractivity contribution in [2.24, 2.45) is 0 Å². The first kappa shape index (κ1) is 17.9. The molecule has 0 aliphatic rings. The van der Waals surface area contributed by atoms with Gasteiger partial charge in [-0.05, 0) is 24.6 Å². The van der Waals surface area contributed by atoms with E-state index >= 15 is 0 Å². The molecule has 0 bridgehead atoms. The van der Waals surface area contributed by atoms with Crippen LogP contribution in [-0.4, -0.2) is 10.9 Å². The van der Waals surface area contributed by atoms with E-state index in [4.69, 9.17) is 5.73 Å². The van der Waals surface area contributed by atoms with Gasteiger partial charge in [-0.2, -0.15) is 4.98 Å². The number of nitrogen functional groups attached to an aromatic ring is 1. The van der Waals surface area contributed by atoms with Crippen molar-refractivity contribution in [2.45, 2.75) is 26.2 Å². The van der Waals surface area contributed by atoms with Crippen molar-refractivity contribution in [3.63, 3.8) is 0 Å². The molecule has 2 aromatic rings. The number of amides is 1. The number of hydrogen-bond donors (Lipinski definition) is 3. The third-order valence-electron chi connectivity index (χ3n) is 3.09. The Morgan fingerprint density at radius 2 is 1.95 bits per heavy atom. The average molecular weight is 321 g/mol. The zero-order chi connectivity index (χ0) is 15.1. The molecule has 5 N–H and O–H groups in total. The molecule has 6 heteroatoms. The van der Waals surface area contributed by atoms with E-state index < -0.39 is 0 Å². The van der Waals surface area contributed by atoms with Gasteiger partial charge in [-0.3, -0.25) is 10.1 Å². The maximum Gasteiger partial charge on any atom is 0.231 e. The summed E-state index contributed by atoms with van der Waals surface area (Å²) in [5.41, 5.74) is 7.54. The highest BCUT2D eigenvalue weighted by molar-refractivity contribution is 5.93. The molecule has 118 valence electrons. The summed E-state index contributed by atoms with van der Waals surface area (Å²) in [6.07, 6.45) is 2.37. The fraction of sp³-hybridized carbons (Fsp3) is 0.250. The predicted molar refractivity (Wildman–Crippen MR) is 84.5 cm³/mol. The van der Waals surface area contributed by atoms with Crippen molar-refractivity contribution in [1.29, 1.82) is 0 Å². The Morgan fingerprint density at radius 1 is 1.23 bits per heavy atom.